The molecule has 4 unspecified atom stereocenters. The average molecular weight is 150 g/mol. The van der Waals surface area contributed by atoms with Gasteiger partial charge in [-0.25, -0.2) is 0 Å². The van der Waals surface area contributed by atoms with Crippen molar-refractivity contribution < 1.29 is 9.90 Å². The number of rotatable bonds is 1. The van der Waals surface area contributed by atoms with Crippen LogP contribution < -0.4 is 0 Å². The highest BCUT2D eigenvalue weighted by Gasteiger charge is 2.68. The number of carboxylic acids is 1. The number of aliphatic carboxylic acids is 1. The lowest BCUT2D eigenvalue weighted by molar-refractivity contribution is -0.144. The van der Waals surface area contributed by atoms with Gasteiger partial charge in [-0.05, 0) is 23.7 Å². The molecule has 0 heterocycles. The van der Waals surface area contributed by atoms with E-state index in [2.05, 4.69) is 13.0 Å². The highest BCUT2D eigenvalue weighted by molar-refractivity contribution is 5.75. The molecule has 0 aromatic carbocycles. The second-order valence-corrected chi connectivity index (χ2v) is 4.02. The minimum Gasteiger partial charge on any atom is -0.481 e. The zero-order chi connectivity index (χ0) is 7.75. The Bertz CT molecular complexity index is 279. The van der Waals surface area contributed by atoms with Gasteiger partial charge in [0.2, 0.25) is 0 Å². The fourth-order valence-corrected chi connectivity index (χ4v) is 3.14. The molecular weight excluding hydrogens is 140 g/mol. The number of hydrogen-bond acceptors (Lipinski definition) is 1. The first-order valence-electron chi connectivity index (χ1n) is 4.16. The Kier molecular flexibility index (Phi) is 0.729. The lowest BCUT2D eigenvalue weighted by atomic mass is 9.78. The summed E-state index contributed by atoms with van der Waals surface area (Å²) in [5.41, 5.74) is 1.56. The van der Waals surface area contributed by atoms with E-state index in [0.29, 0.717) is 23.7 Å². The van der Waals surface area contributed by atoms with E-state index >= 15 is 0 Å². The van der Waals surface area contributed by atoms with Gasteiger partial charge in [0, 0.05) is 0 Å². The number of carboxylic acid groups (broad SMARTS) is 1. The number of carbonyl (C=O) groups is 1. The van der Waals surface area contributed by atoms with Crippen molar-refractivity contribution in [3.63, 3.8) is 0 Å². The molecule has 2 heteroatoms. The Labute approximate surface area is 64.9 Å². The monoisotopic (exact) mass is 150 g/mol. The molecule has 3 aliphatic rings. The zero-order valence-electron chi connectivity index (χ0n) is 6.32. The second-order valence-electron chi connectivity index (χ2n) is 4.02. The molecule has 0 radical (unpaired) electrons. The maximum atomic E-state index is 10.8. The van der Waals surface area contributed by atoms with Gasteiger partial charge in [-0.1, -0.05) is 18.6 Å². The maximum absolute atomic E-state index is 10.8. The third kappa shape index (κ3) is 0.434. The predicted octanol–water partition coefficient (Wildman–Crippen LogP) is 1.14. The minimum absolute atomic E-state index is 0.0671. The van der Waals surface area contributed by atoms with Crippen molar-refractivity contribution in [1.82, 2.24) is 0 Å². The Balaban J connectivity index is 1.99. The van der Waals surface area contributed by atoms with Crippen LogP contribution in [0.1, 0.15) is 6.92 Å². The molecular formula is C9H10O2. The van der Waals surface area contributed by atoms with Crippen molar-refractivity contribution in [3.05, 3.63) is 11.6 Å². The van der Waals surface area contributed by atoms with Crippen LogP contribution in [0.5, 0.6) is 0 Å². The Morgan fingerprint density at radius 1 is 1.55 bits per heavy atom. The maximum Gasteiger partial charge on any atom is 0.307 e. The highest BCUT2D eigenvalue weighted by Crippen LogP contribution is 2.72. The van der Waals surface area contributed by atoms with E-state index in [-0.39, 0.29) is 5.92 Å². The largest absolute Gasteiger partial charge is 0.481 e. The van der Waals surface area contributed by atoms with E-state index in [1.807, 2.05) is 0 Å². The van der Waals surface area contributed by atoms with E-state index < -0.39 is 5.97 Å². The van der Waals surface area contributed by atoms with Crippen LogP contribution in [0.2, 0.25) is 0 Å². The first-order valence-corrected chi connectivity index (χ1v) is 4.16. The van der Waals surface area contributed by atoms with Crippen molar-refractivity contribution >= 4 is 5.97 Å². The van der Waals surface area contributed by atoms with E-state index in [4.69, 9.17) is 5.11 Å². The fraction of sp³-hybridized carbons (Fsp3) is 0.667. The van der Waals surface area contributed by atoms with Crippen LogP contribution >= 0.6 is 0 Å². The van der Waals surface area contributed by atoms with Gasteiger partial charge in [0.15, 0.2) is 0 Å². The number of fused-ring (bicyclic) bond motifs is 1. The minimum atomic E-state index is -0.593. The van der Waals surface area contributed by atoms with Gasteiger partial charge < -0.3 is 5.11 Å². The quantitative estimate of drug-likeness (QED) is 0.569. The molecule has 5 atom stereocenters. The van der Waals surface area contributed by atoms with Crippen LogP contribution in [-0.4, -0.2) is 11.1 Å². The lowest BCUT2D eigenvalue weighted by Crippen LogP contribution is -2.29. The average Bonchev–Trinajstić information content (AvgIpc) is 2.40. The zero-order valence-corrected chi connectivity index (χ0v) is 6.32. The number of hydrogen-bond donors (Lipinski definition) is 1. The van der Waals surface area contributed by atoms with Crippen molar-refractivity contribution in [2.45, 2.75) is 6.92 Å². The summed E-state index contributed by atoms with van der Waals surface area (Å²) >= 11 is 0. The van der Waals surface area contributed by atoms with Gasteiger partial charge in [0.1, 0.15) is 0 Å². The van der Waals surface area contributed by atoms with Crippen molar-refractivity contribution in [3.8, 4) is 0 Å². The second kappa shape index (κ2) is 1.38. The Hall–Kier alpha value is -0.790. The number of allylic oxidation sites excluding steroid dienone is 2. The van der Waals surface area contributed by atoms with Crippen LogP contribution in [0.4, 0.5) is 0 Å². The summed E-state index contributed by atoms with van der Waals surface area (Å²) < 4.78 is 0. The smallest absolute Gasteiger partial charge is 0.307 e. The molecule has 2 fully saturated rings. The first-order chi connectivity index (χ1) is 5.22. The van der Waals surface area contributed by atoms with Gasteiger partial charge in [-0.15, -0.1) is 0 Å². The summed E-state index contributed by atoms with van der Waals surface area (Å²) in [6, 6.07) is 0. The molecule has 0 amide bonds. The topological polar surface area (TPSA) is 37.3 Å². The van der Waals surface area contributed by atoms with Crippen LogP contribution in [0.25, 0.3) is 0 Å². The SMILES string of the molecule is C[C@H]1C(C(=O)O)C2C=C3C2C31. The van der Waals surface area contributed by atoms with Gasteiger partial charge in [0.25, 0.3) is 0 Å². The fourth-order valence-electron chi connectivity index (χ4n) is 3.14. The van der Waals surface area contributed by atoms with Crippen molar-refractivity contribution in [2.75, 3.05) is 0 Å². The molecule has 0 aromatic heterocycles. The normalized spacial score (nSPS) is 56.1. The van der Waals surface area contributed by atoms with Crippen LogP contribution in [0.15, 0.2) is 11.6 Å². The highest BCUT2D eigenvalue weighted by atomic mass is 16.4. The summed E-state index contributed by atoms with van der Waals surface area (Å²) in [5, 5.41) is 8.89. The van der Waals surface area contributed by atoms with Crippen LogP contribution in [-0.2, 0) is 4.79 Å². The molecule has 2 nitrogen and oxygen atoms in total. The summed E-state index contributed by atoms with van der Waals surface area (Å²) in [6.45, 7) is 2.08. The molecule has 0 bridgehead atoms. The molecule has 0 aromatic rings. The standard InChI is InChI=1S/C9H10O2/c1-3-6-4-2-5(8(4)6)7(3)9(10)11/h2-3,5-8H,1H3,(H,10,11)/t3-,5?,6?,7?,8?/m1/s1. The molecule has 3 rings (SSSR count). The molecule has 2 saturated carbocycles. The van der Waals surface area contributed by atoms with Crippen LogP contribution in [0, 0.1) is 29.6 Å². The molecule has 58 valence electrons. The molecule has 11 heavy (non-hydrogen) atoms. The van der Waals surface area contributed by atoms with E-state index in [0.717, 1.165) is 0 Å². The summed E-state index contributed by atoms with van der Waals surface area (Å²) in [4.78, 5) is 10.8. The summed E-state index contributed by atoms with van der Waals surface area (Å²) in [6.07, 6.45) is 2.17. The van der Waals surface area contributed by atoms with E-state index in [1.165, 1.54) is 0 Å². The molecule has 0 saturated heterocycles. The van der Waals surface area contributed by atoms with Gasteiger partial charge in [-0.3, -0.25) is 4.79 Å². The van der Waals surface area contributed by atoms with Gasteiger partial charge >= 0.3 is 5.97 Å². The molecule has 0 aliphatic heterocycles. The van der Waals surface area contributed by atoms with Gasteiger partial charge in [0.05, 0.1) is 5.92 Å². The lowest BCUT2D eigenvalue weighted by Gasteiger charge is -2.26. The Morgan fingerprint density at radius 2 is 2.27 bits per heavy atom. The van der Waals surface area contributed by atoms with Crippen molar-refractivity contribution in [2.24, 2.45) is 29.6 Å². The van der Waals surface area contributed by atoms with Crippen LogP contribution in [0.3, 0.4) is 0 Å². The molecule has 3 aliphatic carbocycles. The predicted molar refractivity (Wildman–Crippen MR) is 38.8 cm³/mol. The molecule has 1 N–H and O–H groups in total. The summed E-state index contributed by atoms with van der Waals surface area (Å²) in [5.74, 6) is 1.52. The van der Waals surface area contributed by atoms with E-state index in [9.17, 15) is 4.79 Å². The van der Waals surface area contributed by atoms with Gasteiger partial charge in [-0.2, -0.15) is 0 Å². The third-order valence-corrected chi connectivity index (χ3v) is 3.68. The van der Waals surface area contributed by atoms with E-state index in [1.54, 1.807) is 5.57 Å². The third-order valence-electron chi connectivity index (χ3n) is 3.68. The molecule has 0 spiro atoms. The Morgan fingerprint density at radius 3 is 2.64 bits per heavy atom. The van der Waals surface area contributed by atoms with Crippen molar-refractivity contribution in [1.29, 1.82) is 0 Å². The first kappa shape index (κ1) is 5.81. The summed E-state index contributed by atoms with van der Waals surface area (Å²) in [7, 11) is 0.